The number of hydrogen-bond donors (Lipinski definition) is 2. The summed E-state index contributed by atoms with van der Waals surface area (Å²) >= 11 is 5.25. The summed E-state index contributed by atoms with van der Waals surface area (Å²) < 4.78 is 0. The quantitative estimate of drug-likeness (QED) is 0.624. The first-order valence-corrected chi connectivity index (χ1v) is 3.35. The van der Waals surface area contributed by atoms with E-state index in [1.807, 2.05) is 0 Å². The van der Waals surface area contributed by atoms with Gasteiger partial charge in [0.1, 0.15) is 5.88 Å². The molecule has 10 heavy (non-hydrogen) atoms. The standard InChI is InChI=1S/C6H7ClN2O/c7-3-6(10)9-5-1-2-8-4-5/h1-2,4,8H,3H2,(H,9,10). The van der Waals surface area contributed by atoms with Gasteiger partial charge in [0.25, 0.3) is 0 Å². The predicted octanol–water partition coefficient (Wildman–Crippen LogP) is 1.19. The van der Waals surface area contributed by atoms with Gasteiger partial charge in [0.15, 0.2) is 0 Å². The molecule has 0 atom stereocenters. The fourth-order valence-electron chi connectivity index (χ4n) is 0.596. The van der Waals surface area contributed by atoms with Crippen LogP contribution in [-0.2, 0) is 4.79 Å². The molecule has 0 fully saturated rings. The minimum Gasteiger partial charge on any atom is -0.366 e. The van der Waals surface area contributed by atoms with Gasteiger partial charge in [-0.2, -0.15) is 0 Å². The van der Waals surface area contributed by atoms with Crippen molar-refractivity contribution < 1.29 is 4.79 Å². The number of aromatic amines is 1. The van der Waals surface area contributed by atoms with Gasteiger partial charge in [-0.3, -0.25) is 4.79 Å². The molecular formula is C6H7ClN2O. The average molecular weight is 159 g/mol. The van der Waals surface area contributed by atoms with E-state index in [9.17, 15) is 4.79 Å². The zero-order chi connectivity index (χ0) is 7.40. The molecule has 0 unspecified atom stereocenters. The van der Waals surface area contributed by atoms with Crippen molar-refractivity contribution >= 4 is 23.2 Å². The van der Waals surface area contributed by atoms with E-state index in [1.54, 1.807) is 18.5 Å². The lowest BCUT2D eigenvalue weighted by molar-refractivity contribution is -0.113. The molecule has 0 spiro atoms. The van der Waals surface area contributed by atoms with Gasteiger partial charge in [0.05, 0.1) is 5.69 Å². The Balaban J connectivity index is 2.48. The normalized spacial score (nSPS) is 9.30. The molecule has 1 aromatic rings. The van der Waals surface area contributed by atoms with Crippen LogP contribution in [0.1, 0.15) is 0 Å². The fraction of sp³-hybridized carbons (Fsp3) is 0.167. The summed E-state index contributed by atoms with van der Waals surface area (Å²) in [5.41, 5.74) is 0.741. The molecule has 0 bridgehead atoms. The number of anilines is 1. The zero-order valence-corrected chi connectivity index (χ0v) is 5.98. The largest absolute Gasteiger partial charge is 0.366 e. The number of rotatable bonds is 2. The highest BCUT2D eigenvalue weighted by Gasteiger charge is 1.97. The van der Waals surface area contributed by atoms with Crippen LogP contribution >= 0.6 is 11.6 Å². The zero-order valence-electron chi connectivity index (χ0n) is 5.23. The summed E-state index contributed by atoms with van der Waals surface area (Å²) in [5, 5.41) is 2.57. The first-order valence-electron chi connectivity index (χ1n) is 2.81. The van der Waals surface area contributed by atoms with Crippen LogP contribution in [-0.4, -0.2) is 16.8 Å². The Labute approximate surface area is 63.4 Å². The maximum absolute atomic E-state index is 10.6. The van der Waals surface area contributed by atoms with Crippen LogP contribution < -0.4 is 5.32 Å². The number of H-pyrrole nitrogens is 1. The summed E-state index contributed by atoms with van der Waals surface area (Å²) in [6.45, 7) is 0. The minimum atomic E-state index is -0.193. The first-order chi connectivity index (χ1) is 4.83. The molecule has 0 saturated heterocycles. The van der Waals surface area contributed by atoms with Crippen molar-refractivity contribution in [1.82, 2.24) is 4.98 Å². The predicted molar refractivity (Wildman–Crippen MR) is 40.1 cm³/mol. The van der Waals surface area contributed by atoms with Crippen LogP contribution in [0.15, 0.2) is 18.5 Å². The summed E-state index contributed by atoms with van der Waals surface area (Å²) in [6.07, 6.45) is 3.41. The summed E-state index contributed by atoms with van der Waals surface area (Å²) in [7, 11) is 0. The second-order valence-corrected chi connectivity index (χ2v) is 2.05. The van der Waals surface area contributed by atoms with E-state index in [2.05, 4.69) is 10.3 Å². The third-order valence-corrected chi connectivity index (χ3v) is 1.25. The molecule has 0 aliphatic carbocycles. The average Bonchev–Trinajstić information content (AvgIpc) is 2.40. The van der Waals surface area contributed by atoms with Crippen molar-refractivity contribution in [3.05, 3.63) is 18.5 Å². The highest BCUT2D eigenvalue weighted by Crippen LogP contribution is 2.02. The van der Waals surface area contributed by atoms with Gasteiger partial charge < -0.3 is 10.3 Å². The van der Waals surface area contributed by atoms with Gasteiger partial charge in [-0.25, -0.2) is 0 Å². The van der Waals surface area contributed by atoms with Gasteiger partial charge in [0.2, 0.25) is 5.91 Å². The molecule has 0 aliphatic rings. The molecule has 1 amide bonds. The number of nitrogens with one attached hydrogen (secondary N) is 2. The van der Waals surface area contributed by atoms with Gasteiger partial charge in [-0.05, 0) is 6.07 Å². The Kier molecular flexibility index (Phi) is 2.34. The van der Waals surface area contributed by atoms with Crippen LogP contribution in [0.2, 0.25) is 0 Å². The molecule has 2 N–H and O–H groups in total. The molecule has 0 aromatic carbocycles. The molecule has 0 aliphatic heterocycles. The molecule has 1 aromatic heterocycles. The Morgan fingerprint density at radius 2 is 2.60 bits per heavy atom. The number of halogens is 1. The van der Waals surface area contributed by atoms with Crippen molar-refractivity contribution in [2.45, 2.75) is 0 Å². The van der Waals surface area contributed by atoms with E-state index < -0.39 is 0 Å². The van der Waals surface area contributed by atoms with Crippen molar-refractivity contribution in [3.8, 4) is 0 Å². The topological polar surface area (TPSA) is 44.9 Å². The van der Waals surface area contributed by atoms with Crippen molar-refractivity contribution in [1.29, 1.82) is 0 Å². The van der Waals surface area contributed by atoms with E-state index in [4.69, 9.17) is 11.6 Å². The lowest BCUT2D eigenvalue weighted by Gasteiger charge is -1.95. The Morgan fingerprint density at radius 1 is 1.80 bits per heavy atom. The Hall–Kier alpha value is -0.960. The highest BCUT2D eigenvalue weighted by molar-refractivity contribution is 6.29. The Bertz CT molecular complexity index is 208. The highest BCUT2D eigenvalue weighted by atomic mass is 35.5. The van der Waals surface area contributed by atoms with Crippen molar-refractivity contribution in [3.63, 3.8) is 0 Å². The second-order valence-electron chi connectivity index (χ2n) is 1.78. The smallest absolute Gasteiger partial charge is 0.239 e. The number of carbonyl (C=O) groups excluding carboxylic acids is 1. The third kappa shape index (κ3) is 1.77. The maximum atomic E-state index is 10.6. The second kappa shape index (κ2) is 3.27. The molecule has 1 heterocycles. The monoisotopic (exact) mass is 158 g/mol. The van der Waals surface area contributed by atoms with E-state index in [0.717, 1.165) is 5.69 Å². The van der Waals surface area contributed by atoms with Crippen molar-refractivity contribution in [2.24, 2.45) is 0 Å². The van der Waals surface area contributed by atoms with Gasteiger partial charge in [-0.1, -0.05) is 0 Å². The molecule has 0 saturated carbocycles. The van der Waals surface area contributed by atoms with Crippen LogP contribution in [0.5, 0.6) is 0 Å². The van der Waals surface area contributed by atoms with E-state index in [-0.39, 0.29) is 11.8 Å². The van der Waals surface area contributed by atoms with Crippen LogP contribution in [0.4, 0.5) is 5.69 Å². The lowest BCUT2D eigenvalue weighted by Crippen LogP contribution is -2.11. The van der Waals surface area contributed by atoms with E-state index >= 15 is 0 Å². The van der Waals surface area contributed by atoms with Crippen LogP contribution in [0, 0.1) is 0 Å². The molecule has 54 valence electrons. The summed E-state index contributed by atoms with van der Waals surface area (Å²) in [4.78, 5) is 13.4. The molecule has 3 nitrogen and oxygen atoms in total. The van der Waals surface area contributed by atoms with Gasteiger partial charge >= 0.3 is 0 Å². The molecule has 4 heteroatoms. The number of amides is 1. The molecular weight excluding hydrogens is 152 g/mol. The molecule has 1 rings (SSSR count). The summed E-state index contributed by atoms with van der Waals surface area (Å²) in [6, 6.07) is 1.75. The molecule has 0 radical (unpaired) electrons. The third-order valence-electron chi connectivity index (χ3n) is 1.00. The van der Waals surface area contributed by atoms with E-state index in [0.29, 0.717) is 0 Å². The number of alkyl halides is 1. The van der Waals surface area contributed by atoms with Gasteiger partial charge in [0, 0.05) is 12.4 Å². The van der Waals surface area contributed by atoms with Crippen LogP contribution in [0.3, 0.4) is 0 Å². The summed E-state index contributed by atoms with van der Waals surface area (Å²) in [5.74, 6) is -0.202. The van der Waals surface area contributed by atoms with Crippen molar-refractivity contribution in [2.75, 3.05) is 11.2 Å². The lowest BCUT2D eigenvalue weighted by atomic mass is 10.5. The fourth-order valence-corrected chi connectivity index (χ4v) is 0.663. The first kappa shape index (κ1) is 7.15. The minimum absolute atomic E-state index is 0.00875. The van der Waals surface area contributed by atoms with Crippen LogP contribution in [0.25, 0.3) is 0 Å². The SMILES string of the molecule is O=C(CCl)Nc1cc[nH]c1. The number of carbonyl (C=O) groups is 1. The van der Waals surface area contributed by atoms with E-state index in [1.165, 1.54) is 0 Å². The van der Waals surface area contributed by atoms with Gasteiger partial charge in [-0.15, -0.1) is 11.6 Å². The maximum Gasteiger partial charge on any atom is 0.239 e. The number of aromatic nitrogens is 1. The Morgan fingerprint density at radius 3 is 3.10 bits per heavy atom. The number of hydrogen-bond acceptors (Lipinski definition) is 1.